The SMILES string of the molecule is CN1CCCN(C(=O)c2cccc(-c3ncn[nH]3)c2)c2ccccc21. The lowest BCUT2D eigenvalue weighted by atomic mass is 10.1. The Morgan fingerprint density at radius 1 is 1.08 bits per heavy atom. The number of H-pyrrole nitrogens is 1. The molecule has 1 aliphatic heterocycles. The average molecular weight is 333 g/mol. The highest BCUT2D eigenvalue weighted by Crippen LogP contribution is 2.32. The Bertz CT molecular complexity index is 890. The Labute approximate surface area is 146 Å². The monoisotopic (exact) mass is 333 g/mol. The van der Waals surface area contributed by atoms with Crippen molar-refractivity contribution in [3.8, 4) is 11.4 Å². The van der Waals surface area contributed by atoms with Crippen LogP contribution in [0, 0.1) is 0 Å². The molecule has 2 aromatic carbocycles. The number of benzene rings is 2. The van der Waals surface area contributed by atoms with Crippen molar-refractivity contribution in [3.05, 3.63) is 60.4 Å². The summed E-state index contributed by atoms with van der Waals surface area (Å²) in [6, 6.07) is 15.6. The fourth-order valence-electron chi connectivity index (χ4n) is 3.23. The van der Waals surface area contributed by atoms with Gasteiger partial charge in [0.1, 0.15) is 6.33 Å². The molecule has 126 valence electrons. The predicted molar refractivity (Wildman–Crippen MR) is 97.8 cm³/mol. The fraction of sp³-hybridized carbons (Fsp3) is 0.211. The molecule has 3 aromatic rings. The summed E-state index contributed by atoms with van der Waals surface area (Å²) in [6.45, 7) is 1.63. The Hall–Kier alpha value is -3.15. The number of aromatic nitrogens is 3. The van der Waals surface area contributed by atoms with Gasteiger partial charge in [-0.1, -0.05) is 24.3 Å². The van der Waals surface area contributed by atoms with Gasteiger partial charge in [-0.2, -0.15) is 5.10 Å². The second-order valence-corrected chi connectivity index (χ2v) is 6.14. The lowest BCUT2D eigenvalue weighted by Crippen LogP contribution is -2.31. The Morgan fingerprint density at radius 3 is 2.72 bits per heavy atom. The number of para-hydroxylation sites is 2. The van der Waals surface area contributed by atoms with Gasteiger partial charge in [0.05, 0.1) is 11.4 Å². The van der Waals surface area contributed by atoms with Crippen LogP contribution in [0.2, 0.25) is 0 Å². The number of hydrogen-bond acceptors (Lipinski definition) is 4. The van der Waals surface area contributed by atoms with E-state index in [0.29, 0.717) is 17.9 Å². The Morgan fingerprint density at radius 2 is 1.92 bits per heavy atom. The smallest absolute Gasteiger partial charge is 0.258 e. The maximum Gasteiger partial charge on any atom is 0.258 e. The van der Waals surface area contributed by atoms with Gasteiger partial charge in [0.15, 0.2) is 5.82 Å². The second kappa shape index (κ2) is 6.39. The number of nitrogens with zero attached hydrogens (tertiary/aromatic N) is 4. The number of carbonyl (C=O) groups excluding carboxylic acids is 1. The molecule has 0 saturated heterocycles. The number of aromatic amines is 1. The minimum Gasteiger partial charge on any atom is -0.373 e. The molecule has 2 heterocycles. The van der Waals surface area contributed by atoms with Crippen molar-refractivity contribution in [3.63, 3.8) is 0 Å². The Balaban J connectivity index is 1.71. The van der Waals surface area contributed by atoms with Gasteiger partial charge >= 0.3 is 0 Å². The molecule has 1 aromatic heterocycles. The third-order valence-electron chi connectivity index (χ3n) is 4.50. The van der Waals surface area contributed by atoms with Gasteiger partial charge < -0.3 is 9.80 Å². The van der Waals surface area contributed by atoms with Gasteiger partial charge in [-0.3, -0.25) is 9.89 Å². The van der Waals surface area contributed by atoms with Crippen LogP contribution in [0.4, 0.5) is 11.4 Å². The maximum atomic E-state index is 13.2. The van der Waals surface area contributed by atoms with Crippen LogP contribution in [0.3, 0.4) is 0 Å². The first-order valence-electron chi connectivity index (χ1n) is 8.32. The summed E-state index contributed by atoms with van der Waals surface area (Å²) in [4.78, 5) is 21.4. The van der Waals surface area contributed by atoms with Crippen molar-refractivity contribution in [1.29, 1.82) is 0 Å². The highest BCUT2D eigenvalue weighted by atomic mass is 16.2. The molecule has 4 rings (SSSR count). The zero-order valence-electron chi connectivity index (χ0n) is 14.0. The largest absolute Gasteiger partial charge is 0.373 e. The molecule has 6 nitrogen and oxygen atoms in total. The highest BCUT2D eigenvalue weighted by Gasteiger charge is 2.24. The van der Waals surface area contributed by atoms with Gasteiger partial charge in [0.25, 0.3) is 5.91 Å². The molecule has 1 N–H and O–H groups in total. The lowest BCUT2D eigenvalue weighted by Gasteiger charge is -2.24. The van der Waals surface area contributed by atoms with Crippen molar-refractivity contribution < 1.29 is 4.79 Å². The Kier molecular flexibility index (Phi) is 3.93. The number of fused-ring (bicyclic) bond motifs is 1. The molecule has 0 aliphatic carbocycles. The van der Waals surface area contributed by atoms with Gasteiger partial charge in [-0.05, 0) is 30.7 Å². The van der Waals surface area contributed by atoms with Gasteiger partial charge in [0.2, 0.25) is 0 Å². The van der Waals surface area contributed by atoms with E-state index in [1.807, 2.05) is 47.4 Å². The fourth-order valence-corrected chi connectivity index (χ4v) is 3.23. The summed E-state index contributed by atoms with van der Waals surface area (Å²) in [6.07, 6.45) is 2.39. The van der Waals surface area contributed by atoms with E-state index in [0.717, 1.165) is 29.9 Å². The zero-order chi connectivity index (χ0) is 17.2. The van der Waals surface area contributed by atoms with Gasteiger partial charge in [-0.25, -0.2) is 4.98 Å². The van der Waals surface area contributed by atoms with Crippen LogP contribution >= 0.6 is 0 Å². The van der Waals surface area contributed by atoms with Gasteiger partial charge in [0, 0.05) is 31.3 Å². The van der Waals surface area contributed by atoms with E-state index in [4.69, 9.17) is 0 Å². The normalized spacial score (nSPS) is 14.1. The number of rotatable bonds is 2. The van der Waals surface area contributed by atoms with E-state index in [2.05, 4.69) is 33.2 Å². The third kappa shape index (κ3) is 2.87. The van der Waals surface area contributed by atoms with E-state index in [1.165, 1.54) is 6.33 Å². The number of nitrogens with one attached hydrogen (secondary N) is 1. The van der Waals surface area contributed by atoms with E-state index in [9.17, 15) is 4.79 Å². The minimum absolute atomic E-state index is 0.00381. The van der Waals surface area contributed by atoms with Gasteiger partial charge in [-0.15, -0.1) is 0 Å². The zero-order valence-corrected chi connectivity index (χ0v) is 14.0. The molecule has 6 heteroatoms. The second-order valence-electron chi connectivity index (χ2n) is 6.14. The van der Waals surface area contributed by atoms with Crippen molar-refractivity contribution in [2.75, 3.05) is 29.9 Å². The number of anilines is 2. The first-order valence-corrected chi connectivity index (χ1v) is 8.32. The summed E-state index contributed by atoms with van der Waals surface area (Å²) in [5, 5.41) is 6.71. The van der Waals surface area contributed by atoms with Crippen LogP contribution in [-0.2, 0) is 0 Å². The standard InChI is InChI=1S/C19H19N5O/c1-23-10-5-11-24(17-9-3-2-8-16(17)23)19(25)15-7-4-6-14(12-15)18-20-13-21-22-18/h2-4,6-9,12-13H,5,10-11H2,1H3,(H,20,21,22). The highest BCUT2D eigenvalue weighted by molar-refractivity contribution is 6.08. The molecule has 1 aliphatic rings. The van der Waals surface area contributed by atoms with Crippen LogP contribution in [0.25, 0.3) is 11.4 Å². The molecule has 0 radical (unpaired) electrons. The van der Waals surface area contributed by atoms with E-state index in [-0.39, 0.29) is 5.91 Å². The lowest BCUT2D eigenvalue weighted by molar-refractivity contribution is 0.0987. The third-order valence-corrected chi connectivity index (χ3v) is 4.50. The summed E-state index contributed by atoms with van der Waals surface area (Å²) in [5.41, 5.74) is 3.54. The molecule has 0 unspecified atom stereocenters. The van der Waals surface area contributed by atoms with E-state index >= 15 is 0 Å². The van der Waals surface area contributed by atoms with Crippen LogP contribution in [0.5, 0.6) is 0 Å². The molecular formula is C19H19N5O. The molecule has 0 spiro atoms. The van der Waals surface area contributed by atoms with E-state index in [1.54, 1.807) is 0 Å². The van der Waals surface area contributed by atoms with Crippen molar-refractivity contribution in [2.24, 2.45) is 0 Å². The van der Waals surface area contributed by atoms with Crippen molar-refractivity contribution in [2.45, 2.75) is 6.42 Å². The van der Waals surface area contributed by atoms with Crippen LogP contribution in [0.1, 0.15) is 16.8 Å². The van der Waals surface area contributed by atoms with Crippen molar-refractivity contribution >= 4 is 17.3 Å². The molecular weight excluding hydrogens is 314 g/mol. The molecule has 0 saturated carbocycles. The molecule has 0 fully saturated rings. The van der Waals surface area contributed by atoms with Crippen LogP contribution < -0.4 is 9.80 Å². The number of amides is 1. The molecule has 1 amide bonds. The van der Waals surface area contributed by atoms with Crippen LogP contribution in [0.15, 0.2) is 54.9 Å². The maximum absolute atomic E-state index is 13.2. The molecule has 0 atom stereocenters. The first-order chi connectivity index (χ1) is 12.2. The molecule has 0 bridgehead atoms. The van der Waals surface area contributed by atoms with Crippen molar-refractivity contribution in [1.82, 2.24) is 15.2 Å². The summed E-state index contributed by atoms with van der Waals surface area (Å²) < 4.78 is 0. The molecule has 25 heavy (non-hydrogen) atoms. The quantitative estimate of drug-likeness (QED) is 0.783. The van der Waals surface area contributed by atoms with Crippen LogP contribution in [-0.4, -0.2) is 41.2 Å². The predicted octanol–water partition coefficient (Wildman–Crippen LogP) is 2.96. The first kappa shape index (κ1) is 15.4. The number of carbonyl (C=O) groups is 1. The summed E-state index contributed by atoms with van der Waals surface area (Å²) in [5.74, 6) is 0.662. The van der Waals surface area contributed by atoms with E-state index < -0.39 is 0 Å². The number of hydrogen-bond donors (Lipinski definition) is 1. The topological polar surface area (TPSA) is 65.1 Å². The summed E-state index contributed by atoms with van der Waals surface area (Å²) >= 11 is 0. The average Bonchev–Trinajstić information content (AvgIpc) is 3.14. The minimum atomic E-state index is 0.00381. The summed E-state index contributed by atoms with van der Waals surface area (Å²) in [7, 11) is 2.07.